The van der Waals surface area contributed by atoms with Crippen LogP contribution < -0.4 is 10.5 Å². The van der Waals surface area contributed by atoms with Gasteiger partial charge in [0.25, 0.3) is 0 Å². The van der Waals surface area contributed by atoms with Crippen molar-refractivity contribution in [3.63, 3.8) is 0 Å². The SMILES string of the molecule is NS(=O)(=O)c1ccc(NC(=O)Cc2coc3ccc4ccccc4c23)cc1. The minimum absolute atomic E-state index is 0.00667. The van der Waals surface area contributed by atoms with Crippen LogP contribution in [0.1, 0.15) is 5.56 Å². The number of nitrogens with two attached hydrogens (primary N) is 1. The Labute approximate surface area is 155 Å². The average Bonchev–Trinajstić information content (AvgIpc) is 3.04. The van der Waals surface area contributed by atoms with Crippen LogP contribution in [-0.2, 0) is 21.2 Å². The Bertz CT molecular complexity index is 1260. The van der Waals surface area contributed by atoms with Gasteiger partial charge in [-0.05, 0) is 41.1 Å². The fourth-order valence-corrected chi connectivity index (χ4v) is 3.63. The molecule has 0 radical (unpaired) electrons. The number of primary sulfonamides is 1. The van der Waals surface area contributed by atoms with Gasteiger partial charge in [0.05, 0.1) is 17.6 Å². The normalized spacial score (nSPS) is 11.7. The first-order valence-corrected chi connectivity index (χ1v) is 9.77. The minimum atomic E-state index is -3.76. The van der Waals surface area contributed by atoms with Gasteiger partial charge in [0.1, 0.15) is 5.58 Å². The molecule has 0 spiro atoms. The monoisotopic (exact) mass is 380 g/mol. The number of fused-ring (bicyclic) bond motifs is 3. The highest BCUT2D eigenvalue weighted by molar-refractivity contribution is 7.89. The summed E-state index contributed by atoms with van der Waals surface area (Å²) in [6.07, 6.45) is 1.73. The van der Waals surface area contributed by atoms with Crippen molar-refractivity contribution < 1.29 is 17.6 Å². The van der Waals surface area contributed by atoms with Crippen LogP contribution in [0.15, 0.2) is 76.2 Å². The van der Waals surface area contributed by atoms with Crippen LogP contribution in [0.2, 0.25) is 0 Å². The lowest BCUT2D eigenvalue weighted by molar-refractivity contribution is -0.115. The molecule has 0 aliphatic rings. The summed E-state index contributed by atoms with van der Waals surface area (Å²) in [5, 5.41) is 10.9. The van der Waals surface area contributed by atoms with Crippen LogP contribution in [0.25, 0.3) is 21.7 Å². The summed E-state index contributed by atoms with van der Waals surface area (Å²) in [6, 6.07) is 17.5. The Morgan fingerprint density at radius 3 is 2.48 bits per heavy atom. The lowest BCUT2D eigenvalue weighted by Crippen LogP contribution is -2.15. The number of carbonyl (C=O) groups is 1. The van der Waals surface area contributed by atoms with E-state index in [0.717, 1.165) is 27.3 Å². The summed E-state index contributed by atoms with van der Waals surface area (Å²) in [7, 11) is -3.76. The van der Waals surface area contributed by atoms with Crippen LogP contribution in [-0.4, -0.2) is 14.3 Å². The molecular weight excluding hydrogens is 364 g/mol. The van der Waals surface area contributed by atoms with Gasteiger partial charge in [0, 0.05) is 16.6 Å². The number of hydrogen-bond acceptors (Lipinski definition) is 4. The van der Waals surface area contributed by atoms with Gasteiger partial charge in [-0.25, -0.2) is 13.6 Å². The van der Waals surface area contributed by atoms with E-state index in [1.54, 1.807) is 6.26 Å². The largest absolute Gasteiger partial charge is 0.464 e. The molecule has 0 saturated heterocycles. The smallest absolute Gasteiger partial charge is 0.238 e. The molecule has 4 aromatic rings. The fourth-order valence-electron chi connectivity index (χ4n) is 3.11. The van der Waals surface area contributed by atoms with E-state index in [1.807, 2.05) is 36.4 Å². The molecular formula is C20H16N2O4S. The number of rotatable bonds is 4. The Balaban J connectivity index is 1.59. The third-order valence-corrected chi connectivity index (χ3v) is 5.29. The quantitative estimate of drug-likeness (QED) is 0.566. The summed E-state index contributed by atoms with van der Waals surface area (Å²) in [4.78, 5) is 12.4. The first-order valence-electron chi connectivity index (χ1n) is 8.22. The maximum absolute atomic E-state index is 12.4. The zero-order chi connectivity index (χ0) is 19.0. The van der Waals surface area contributed by atoms with Crippen molar-refractivity contribution in [2.75, 3.05) is 5.32 Å². The summed E-state index contributed by atoms with van der Waals surface area (Å²) in [5.74, 6) is -0.228. The number of anilines is 1. The summed E-state index contributed by atoms with van der Waals surface area (Å²) in [5.41, 5.74) is 2.01. The number of furan rings is 1. The maximum atomic E-state index is 12.4. The second-order valence-corrected chi connectivity index (χ2v) is 7.78. The van der Waals surface area contributed by atoms with Crippen molar-refractivity contribution in [3.8, 4) is 0 Å². The highest BCUT2D eigenvalue weighted by atomic mass is 32.2. The molecule has 27 heavy (non-hydrogen) atoms. The summed E-state index contributed by atoms with van der Waals surface area (Å²) in [6.45, 7) is 0. The molecule has 7 heteroatoms. The molecule has 0 bridgehead atoms. The van der Waals surface area contributed by atoms with Gasteiger partial charge < -0.3 is 9.73 Å². The van der Waals surface area contributed by atoms with E-state index in [0.29, 0.717) is 5.69 Å². The van der Waals surface area contributed by atoms with E-state index >= 15 is 0 Å². The van der Waals surface area contributed by atoms with Gasteiger partial charge in [-0.2, -0.15) is 0 Å². The predicted octanol–water partition coefficient (Wildman–Crippen LogP) is 3.41. The van der Waals surface area contributed by atoms with Gasteiger partial charge in [-0.3, -0.25) is 4.79 Å². The second kappa shape index (κ2) is 6.53. The van der Waals surface area contributed by atoms with E-state index in [1.165, 1.54) is 24.3 Å². The first-order chi connectivity index (χ1) is 12.9. The van der Waals surface area contributed by atoms with Crippen molar-refractivity contribution in [3.05, 3.63) is 72.5 Å². The second-order valence-electron chi connectivity index (χ2n) is 6.22. The molecule has 0 aliphatic heterocycles. The molecule has 3 N–H and O–H groups in total. The van der Waals surface area contributed by atoms with Crippen LogP contribution in [0.4, 0.5) is 5.69 Å². The molecule has 0 fully saturated rings. The molecule has 0 atom stereocenters. The average molecular weight is 380 g/mol. The van der Waals surface area contributed by atoms with Gasteiger partial charge in [-0.15, -0.1) is 0 Å². The standard InChI is InChI=1S/C20H16N2O4S/c21-27(24,25)16-8-6-15(7-9-16)22-19(23)11-14-12-26-18-10-5-13-3-1-2-4-17(13)20(14)18/h1-10,12H,11H2,(H,22,23)(H2,21,24,25). The van der Waals surface area contributed by atoms with Gasteiger partial charge in [0.15, 0.2) is 0 Å². The topological polar surface area (TPSA) is 102 Å². The van der Waals surface area contributed by atoms with E-state index in [2.05, 4.69) is 5.32 Å². The Morgan fingerprint density at radius 1 is 1.00 bits per heavy atom. The van der Waals surface area contributed by atoms with E-state index < -0.39 is 10.0 Å². The Morgan fingerprint density at radius 2 is 1.74 bits per heavy atom. The molecule has 3 aromatic carbocycles. The predicted molar refractivity (Wildman–Crippen MR) is 104 cm³/mol. The van der Waals surface area contributed by atoms with E-state index in [-0.39, 0.29) is 17.2 Å². The maximum Gasteiger partial charge on any atom is 0.238 e. The highest BCUT2D eigenvalue weighted by Gasteiger charge is 2.14. The molecule has 4 rings (SSSR count). The van der Waals surface area contributed by atoms with Gasteiger partial charge in [0.2, 0.25) is 15.9 Å². The number of benzene rings is 3. The Hall–Kier alpha value is -3.16. The van der Waals surface area contributed by atoms with E-state index in [9.17, 15) is 13.2 Å². The molecule has 1 heterocycles. The third kappa shape index (κ3) is 3.42. The number of carbonyl (C=O) groups excluding carboxylic acids is 1. The first kappa shape index (κ1) is 17.3. The van der Waals surface area contributed by atoms with Crippen LogP contribution in [0.5, 0.6) is 0 Å². The van der Waals surface area contributed by atoms with Gasteiger partial charge in [-0.1, -0.05) is 30.3 Å². The number of amides is 1. The van der Waals surface area contributed by atoms with Crippen molar-refractivity contribution in [1.82, 2.24) is 0 Å². The molecule has 0 unspecified atom stereocenters. The zero-order valence-electron chi connectivity index (χ0n) is 14.2. The summed E-state index contributed by atoms with van der Waals surface area (Å²) >= 11 is 0. The molecule has 0 aliphatic carbocycles. The van der Waals surface area contributed by atoms with Crippen molar-refractivity contribution in [2.24, 2.45) is 5.14 Å². The molecule has 136 valence electrons. The van der Waals surface area contributed by atoms with Crippen LogP contribution in [0, 0.1) is 0 Å². The zero-order valence-corrected chi connectivity index (χ0v) is 15.0. The number of nitrogens with one attached hydrogen (secondary N) is 1. The minimum Gasteiger partial charge on any atom is -0.464 e. The molecule has 6 nitrogen and oxygen atoms in total. The van der Waals surface area contributed by atoms with Crippen molar-refractivity contribution in [1.29, 1.82) is 0 Å². The third-order valence-electron chi connectivity index (χ3n) is 4.36. The highest BCUT2D eigenvalue weighted by Crippen LogP contribution is 2.30. The van der Waals surface area contributed by atoms with Crippen molar-refractivity contribution >= 4 is 43.4 Å². The lowest BCUT2D eigenvalue weighted by atomic mass is 10.0. The number of sulfonamides is 1. The summed E-state index contributed by atoms with van der Waals surface area (Å²) < 4.78 is 28.2. The van der Waals surface area contributed by atoms with Gasteiger partial charge >= 0.3 is 0 Å². The molecule has 1 amide bonds. The van der Waals surface area contributed by atoms with Crippen molar-refractivity contribution in [2.45, 2.75) is 11.3 Å². The van der Waals surface area contributed by atoms with E-state index in [4.69, 9.17) is 9.56 Å². The van der Waals surface area contributed by atoms with Crippen LogP contribution in [0.3, 0.4) is 0 Å². The number of hydrogen-bond donors (Lipinski definition) is 2. The fraction of sp³-hybridized carbons (Fsp3) is 0.0500. The van der Waals surface area contributed by atoms with Crippen LogP contribution >= 0.6 is 0 Å². The lowest BCUT2D eigenvalue weighted by Gasteiger charge is -2.06. The molecule has 0 saturated carbocycles. The molecule has 1 aromatic heterocycles. The Kier molecular flexibility index (Phi) is 4.18.